The Morgan fingerprint density at radius 3 is 2.48 bits per heavy atom. The molecule has 1 N–H and O–H groups in total. The average Bonchev–Trinajstić information content (AvgIpc) is 3.49. The minimum absolute atomic E-state index is 0.116. The Hall–Kier alpha value is -1.92. The smallest absolute Gasteiger partial charge is 0.234 e. The van der Waals surface area contributed by atoms with Gasteiger partial charge in [0, 0.05) is 45.2 Å². The van der Waals surface area contributed by atoms with Crippen molar-refractivity contribution in [1.29, 1.82) is 0 Å². The summed E-state index contributed by atoms with van der Waals surface area (Å²) in [4.78, 5) is 28.2. The summed E-state index contributed by atoms with van der Waals surface area (Å²) < 4.78 is 5.65. The van der Waals surface area contributed by atoms with E-state index in [1.165, 1.54) is 5.56 Å². The fourth-order valence-electron chi connectivity index (χ4n) is 3.28. The Kier molecular flexibility index (Phi) is 7.66. The molecule has 1 heterocycles. The van der Waals surface area contributed by atoms with Crippen molar-refractivity contribution < 1.29 is 14.3 Å². The van der Waals surface area contributed by atoms with E-state index in [4.69, 9.17) is 4.74 Å². The lowest BCUT2D eigenvalue weighted by Gasteiger charge is -2.34. The van der Waals surface area contributed by atoms with E-state index in [9.17, 15) is 9.59 Å². The number of hydrogen-bond donors (Lipinski definition) is 1. The van der Waals surface area contributed by atoms with Gasteiger partial charge in [-0.1, -0.05) is 30.3 Å². The van der Waals surface area contributed by atoms with Crippen LogP contribution in [0.3, 0.4) is 0 Å². The van der Waals surface area contributed by atoms with Gasteiger partial charge < -0.3 is 15.0 Å². The quantitative estimate of drug-likeness (QED) is 0.631. The number of piperazine rings is 1. The Bertz CT molecular complexity index is 596. The summed E-state index contributed by atoms with van der Waals surface area (Å²) in [6, 6.07) is 10.7. The third-order valence-electron chi connectivity index (χ3n) is 5.09. The maximum Gasteiger partial charge on any atom is 0.234 e. The molecular weight excluding hydrogens is 342 g/mol. The van der Waals surface area contributed by atoms with Crippen molar-refractivity contribution >= 4 is 11.8 Å². The Morgan fingerprint density at radius 2 is 1.78 bits per heavy atom. The predicted octanol–water partition coefficient (Wildman–Crippen LogP) is 1.45. The van der Waals surface area contributed by atoms with Crippen LogP contribution in [-0.2, 0) is 20.7 Å². The van der Waals surface area contributed by atoms with Crippen LogP contribution < -0.4 is 5.32 Å². The molecule has 27 heavy (non-hydrogen) atoms. The topological polar surface area (TPSA) is 61.9 Å². The molecular formula is C21H31N3O3. The molecule has 1 saturated carbocycles. The molecule has 1 saturated heterocycles. The summed E-state index contributed by atoms with van der Waals surface area (Å²) >= 11 is 0. The van der Waals surface area contributed by atoms with Gasteiger partial charge in [-0.3, -0.25) is 14.5 Å². The summed E-state index contributed by atoms with van der Waals surface area (Å²) in [6.45, 7) is 4.75. The molecule has 1 aliphatic heterocycles. The van der Waals surface area contributed by atoms with Gasteiger partial charge in [-0.05, 0) is 31.2 Å². The molecule has 6 nitrogen and oxygen atoms in total. The fourth-order valence-corrected chi connectivity index (χ4v) is 3.28. The third-order valence-corrected chi connectivity index (χ3v) is 5.09. The number of nitrogens with one attached hydrogen (secondary N) is 1. The van der Waals surface area contributed by atoms with E-state index in [-0.39, 0.29) is 11.8 Å². The average molecular weight is 373 g/mol. The number of ether oxygens (including phenoxy) is 1. The number of hydrogen-bond acceptors (Lipinski definition) is 4. The normalized spacial score (nSPS) is 17.7. The second kappa shape index (κ2) is 10.4. The van der Waals surface area contributed by atoms with E-state index < -0.39 is 0 Å². The van der Waals surface area contributed by atoms with Crippen molar-refractivity contribution in [2.75, 3.05) is 45.9 Å². The van der Waals surface area contributed by atoms with Crippen LogP contribution in [-0.4, -0.2) is 73.6 Å². The van der Waals surface area contributed by atoms with Gasteiger partial charge in [-0.15, -0.1) is 0 Å². The van der Waals surface area contributed by atoms with E-state index in [0.717, 1.165) is 38.8 Å². The first kappa shape index (κ1) is 19.8. The van der Waals surface area contributed by atoms with Crippen LogP contribution in [0.1, 0.15) is 31.2 Å². The first-order chi connectivity index (χ1) is 13.2. The minimum atomic E-state index is 0.116. The molecule has 0 bridgehead atoms. The SMILES string of the molecule is O=C(CN1CCN(C(=O)CCCOCCc2ccccc2)CC1)NC1CC1. The minimum Gasteiger partial charge on any atom is -0.381 e. The maximum atomic E-state index is 12.3. The van der Waals surface area contributed by atoms with Crippen LogP contribution in [0.5, 0.6) is 0 Å². The number of nitrogens with zero attached hydrogens (tertiary/aromatic N) is 2. The van der Waals surface area contributed by atoms with Crippen molar-refractivity contribution in [3.05, 3.63) is 35.9 Å². The number of carbonyl (C=O) groups is 2. The monoisotopic (exact) mass is 373 g/mol. The molecule has 1 aliphatic carbocycles. The van der Waals surface area contributed by atoms with Gasteiger partial charge in [-0.25, -0.2) is 0 Å². The second-order valence-electron chi connectivity index (χ2n) is 7.45. The van der Waals surface area contributed by atoms with Gasteiger partial charge in [0.2, 0.25) is 11.8 Å². The lowest BCUT2D eigenvalue weighted by molar-refractivity contribution is -0.133. The van der Waals surface area contributed by atoms with Crippen LogP contribution in [0.4, 0.5) is 0 Å². The van der Waals surface area contributed by atoms with Crippen LogP contribution in [0.25, 0.3) is 0 Å². The van der Waals surface area contributed by atoms with E-state index >= 15 is 0 Å². The zero-order chi connectivity index (χ0) is 18.9. The maximum absolute atomic E-state index is 12.3. The Morgan fingerprint density at radius 1 is 1.04 bits per heavy atom. The van der Waals surface area contributed by atoms with Crippen molar-refractivity contribution in [2.45, 2.75) is 38.1 Å². The zero-order valence-electron chi connectivity index (χ0n) is 16.1. The van der Waals surface area contributed by atoms with Gasteiger partial charge in [0.15, 0.2) is 0 Å². The molecule has 2 aliphatic rings. The largest absolute Gasteiger partial charge is 0.381 e. The van der Waals surface area contributed by atoms with Crippen LogP contribution >= 0.6 is 0 Å². The number of amides is 2. The van der Waals surface area contributed by atoms with Crippen molar-refractivity contribution in [1.82, 2.24) is 15.1 Å². The summed E-state index contributed by atoms with van der Waals surface area (Å²) in [5, 5.41) is 3.02. The van der Waals surface area contributed by atoms with Gasteiger partial charge in [0.1, 0.15) is 0 Å². The summed E-state index contributed by atoms with van der Waals surface area (Å²) in [5.74, 6) is 0.314. The lowest BCUT2D eigenvalue weighted by Crippen LogP contribution is -2.51. The molecule has 0 radical (unpaired) electrons. The highest BCUT2D eigenvalue weighted by atomic mass is 16.5. The molecule has 1 aromatic rings. The van der Waals surface area contributed by atoms with Crippen LogP contribution in [0.15, 0.2) is 30.3 Å². The first-order valence-corrected chi connectivity index (χ1v) is 10.1. The highest BCUT2D eigenvalue weighted by Crippen LogP contribution is 2.18. The Labute approximate surface area is 161 Å². The molecule has 0 aromatic heterocycles. The second-order valence-corrected chi connectivity index (χ2v) is 7.45. The zero-order valence-corrected chi connectivity index (χ0v) is 16.1. The summed E-state index contributed by atoms with van der Waals surface area (Å²) in [5.41, 5.74) is 1.28. The number of rotatable bonds is 10. The molecule has 0 atom stereocenters. The molecule has 1 aromatic carbocycles. The Balaban J connectivity index is 1.21. The first-order valence-electron chi connectivity index (χ1n) is 10.1. The van der Waals surface area contributed by atoms with E-state index in [1.54, 1.807) is 0 Å². The number of benzene rings is 1. The summed E-state index contributed by atoms with van der Waals surface area (Å²) in [7, 11) is 0. The van der Waals surface area contributed by atoms with Gasteiger partial charge in [0.05, 0.1) is 13.2 Å². The predicted molar refractivity (Wildman–Crippen MR) is 104 cm³/mol. The third kappa shape index (κ3) is 7.31. The molecule has 2 amide bonds. The highest BCUT2D eigenvalue weighted by Gasteiger charge is 2.26. The lowest BCUT2D eigenvalue weighted by atomic mass is 10.2. The molecule has 2 fully saturated rings. The number of carbonyl (C=O) groups excluding carboxylic acids is 2. The standard InChI is InChI=1S/C21H31N3O3/c25-20(22-19-8-9-19)17-23-11-13-24(14-12-23)21(26)7-4-15-27-16-10-18-5-2-1-3-6-18/h1-3,5-6,19H,4,7-17H2,(H,22,25). The van der Waals surface area contributed by atoms with Crippen LogP contribution in [0.2, 0.25) is 0 Å². The van der Waals surface area contributed by atoms with Crippen molar-refractivity contribution in [2.24, 2.45) is 0 Å². The molecule has 3 rings (SSSR count). The van der Waals surface area contributed by atoms with E-state index in [2.05, 4.69) is 22.3 Å². The van der Waals surface area contributed by atoms with Gasteiger partial charge >= 0.3 is 0 Å². The van der Waals surface area contributed by atoms with E-state index in [1.807, 2.05) is 23.1 Å². The molecule has 0 unspecified atom stereocenters. The van der Waals surface area contributed by atoms with Crippen LogP contribution in [0, 0.1) is 0 Å². The van der Waals surface area contributed by atoms with Gasteiger partial charge in [-0.2, -0.15) is 0 Å². The van der Waals surface area contributed by atoms with Crippen molar-refractivity contribution in [3.8, 4) is 0 Å². The molecule has 148 valence electrons. The van der Waals surface area contributed by atoms with Crippen molar-refractivity contribution in [3.63, 3.8) is 0 Å². The molecule has 6 heteroatoms. The highest BCUT2D eigenvalue weighted by molar-refractivity contribution is 5.79. The van der Waals surface area contributed by atoms with Gasteiger partial charge in [0.25, 0.3) is 0 Å². The molecule has 0 spiro atoms. The van der Waals surface area contributed by atoms with E-state index in [0.29, 0.717) is 45.3 Å². The fraction of sp³-hybridized carbons (Fsp3) is 0.619. The summed E-state index contributed by atoms with van der Waals surface area (Å²) in [6.07, 6.45) is 4.43.